The number of amides is 1. The summed E-state index contributed by atoms with van der Waals surface area (Å²) in [6.45, 7) is 6.58. The van der Waals surface area contributed by atoms with E-state index in [-0.39, 0.29) is 18.1 Å². The van der Waals surface area contributed by atoms with E-state index in [1.807, 2.05) is 22.7 Å². The summed E-state index contributed by atoms with van der Waals surface area (Å²) in [5.41, 5.74) is 0. The number of nitrogens with one attached hydrogen (secondary N) is 1. The number of aliphatic hydroxyl groups excluding tert-OH is 1. The Labute approximate surface area is 142 Å². The van der Waals surface area contributed by atoms with E-state index >= 15 is 0 Å². The summed E-state index contributed by atoms with van der Waals surface area (Å²) >= 11 is 0. The lowest BCUT2D eigenvalue weighted by Crippen LogP contribution is -2.51. The number of hydrogen-bond acceptors (Lipinski definition) is 6. The number of carbonyl (C=O) groups is 1. The number of hydrogen-bond donors (Lipinski definition) is 2. The Balaban J connectivity index is 1.43. The predicted octanol–water partition coefficient (Wildman–Crippen LogP) is -1.20. The number of rotatable bonds is 5. The molecule has 8 nitrogen and oxygen atoms in total. The zero-order valence-electron chi connectivity index (χ0n) is 14.4. The van der Waals surface area contributed by atoms with Crippen LogP contribution in [0.3, 0.4) is 0 Å². The second-order valence-electron chi connectivity index (χ2n) is 6.61. The minimum atomic E-state index is -0.531. The van der Waals surface area contributed by atoms with E-state index in [0.29, 0.717) is 19.7 Å². The molecule has 8 heteroatoms. The topological polar surface area (TPSA) is 82.9 Å². The largest absolute Gasteiger partial charge is 0.389 e. The Morgan fingerprint density at radius 3 is 2.79 bits per heavy atom. The van der Waals surface area contributed by atoms with Crippen LogP contribution in [0.25, 0.3) is 0 Å². The van der Waals surface area contributed by atoms with E-state index in [0.717, 1.165) is 32.0 Å². The van der Waals surface area contributed by atoms with Gasteiger partial charge in [-0.25, -0.2) is 4.98 Å². The maximum absolute atomic E-state index is 11.4. The third-order valence-electron chi connectivity index (χ3n) is 4.98. The van der Waals surface area contributed by atoms with Crippen LogP contribution >= 0.6 is 0 Å². The van der Waals surface area contributed by atoms with Crippen molar-refractivity contribution in [3.8, 4) is 0 Å². The molecule has 134 valence electrons. The van der Waals surface area contributed by atoms with Gasteiger partial charge in [0.15, 0.2) is 0 Å². The zero-order chi connectivity index (χ0) is 17.1. The van der Waals surface area contributed by atoms with Crippen molar-refractivity contribution in [2.75, 3.05) is 39.3 Å². The average Bonchev–Trinajstić information content (AvgIpc) is 3.13. The van der Waals surface area contributed by atoms with Crippen LogP contribution in [0.5, 0.6) is 0 Å². The number of ether oxygens (including phenoxy) is 1. The first-order valence-electron chi connectivity index (χ1n) is 8.51. The third-order valence-corrected chi connectivity index (χ3v) is 4.98. The first-order chi connectivity index (χ1) is 11.5. The molecular weight excluding hydrogens is 310 g/mol. The molecule has 0 unspecified atom stereocenters. The van der Waals surface area contributed by atoms with Gasteiger partial charge in [-0.05, 0) is 0 Å². The van der Waals surface area contributed by atoms with Crippen molar-refractivity contribution in [3.05, 3.63) is 18.2 Å². The number of aromatic nitrogens is 2. The molecule has 3 atom stereocenters. The van der Waals surface area contributed by atoms with E-state index in [1.165, 1.54) is 0 Å². The predicted molar refractivity (Wildman–Crippen MR) is 88.3 cm³/mol. The Bertz CT molecular complexity index is 556. The molecule has 24 heavy (non-hydrogen) atoms. The minimum absolute atomic E-state index is 0.0785. The summed E-state index contributed by atoms with van der Waals surface area (Å²) in [5, 5.41) is 13.8. The van der Waals surface area contributed by atoms with Gasteiger partial charge in [-0.2, -0.15) is 0 Å². The van der Waals surface area contributed by atoms with Gasteiger partial charge >= 0.3 is 0 Å². The molecule has 2 fully saturated rings. The fraction of sp³-hybridized carbons (Fsp3) is 0.750. The van der Waals surface area contributed by atoms with Crippen molar-refractivity contribution < 1.29 is 14.6 Å². The maximum atomic E-state index is 11.4. The van der Waals surface area contributed by atoms with Gasteiger partial charge in [0.1, 0.15) is 5.82 Å². The molecule has 2 saturated heterocycles. The highest BCUT2D eigenvalue weighted by molar-refractivity contribution is 5.73. The van der Waals surface area contributed by atoms with Crippen LogP contribution in [0.2, 0.25) is 0 Å². The number of aliphatic hydroxyl groups is 1. The van der Waals surface area contributed by atoms with Crippen molar-refractivity contribution >= 4 is 5.91 Å². The second-order valence-corrected chi connectivity index (χ2v) is 6.61. The fourth-order valence-corrected chi connectivity index (χ4v) is 3.31. The van der Waals surface area contributed by atoms with Crippen molar-refractivity contribution in [2.24, 2.45) is 7.05 Å². The fourth-order valence-electron chi connectivity index (χ4n) is 3.31. The van der Waals surface area contributed by atoms with Crippen molar-refractivity contribution in [1.82, 2.24) is 24.7 Å². The Hall–Kier alpha value is -1.48. The van der Waals surface area contributed by atoms with E-state index in [4.69, 9.17) is 4.74 Å². The van der Waals surface area contributed by atoms with E-state index in [2.05, 4.69) is 15.2 Å². The molecule has 0 aliphatic carbocycles. The molecule has 3 heterocycles. The number of aryl methyl sites for hydroxylation is 1. The van der Waals surface area contributed by atoms with Gasteiger partial charge in [0.2, 0.25) is 5.91 Å². The van der Waals surface area contributed by atoms with Gasteiger partial charge in [-0.1, -0.05) is 0 Å². The van der Waals surface area contributed by atoms with Gasteiger partial charge in [0, 0.05) is 59.1 Å². The number of nitrogens with zero attached hydrogens (tertiary/aromatic N) is 4. The van der Waals surface area contributed by atoms with Crippen LogP contribution in [0.4, 0.5) is 0 Å². The summed E-state index contributed by atoms with van der Waals surface area (Å²) in [6, 6.07) is -0.0785. The highest BCUT2D eigenvalue weighted by Crippen LogP contribution is 2.17. The van der Waals surface area contributed by atoms with E-state index < -0.39 is 6.10 Å². The average molecular weight is 337 g/mol. The first-order valence-corrected chi connectivity index (χ1v) is 8.51. The van der Waals surface area contributed by atoms with E-state index in [9.17, 15) is 9.90 Å². The molecule has 1 aromatic rings. The molecule has 2 aliphatic rings. The molecule has 1 amide bonds. The van der Waals surface area contributed by atoms with Gasteiger partial charge in [0.05, 0.1) is 31.4 Å². The van der Waals surface area contributed by atoms with Crippen LogP contribution in [-0.2, 0) is 23.1 Å². The molecule has 0 saturated carbocycles. The lowest BCUT2D eigenvalue weighted by Gasteiger charge is -2.35. The van der Waals surface area contributed by atoms with E-state index in [1.54, 1.807) is 13.1 Å². The summed E-state index contributed by atoms with van der Waals surface area (Å²) < 4.78 is 7.75. The highest BCUT2D eigenvalue weighted by atomic mass is 16.5. The lowest BCUT2D eigenvalue weighted by atomic mass is 10.1. The van der Waals surface area contributed by atoms with Crippen molar-refractivity contribution in [3.63, 3.8) is 0 Å². The van der Waals surface area contributed by atoms with Gasteiger partial charge in [-0.3, -0.25) is 9.69 Å². The molecule has 2 N–H and O–H groups in total. The van der Waals surface area contributed by atoms with Crippen LogP contribution in [0.15, 0.2) is 12.4 Å². The smallest absolute Gasteiger partial charge is 0.219 e. The molecule has 1 aromatic heterocycles. The van der Waals surface area contributed by atoms with Gasteiger partial charge < -0.3 is 24.6 Å². The van der Waals surface area contributed by atoms with Crippen molar-refractivity contribution in [2.45, 2.75) is 31.7 Å². The Morgan fingerprint density at radius 1 is 1.42 bits per heavy atom. The van der Waals surface area contributed by atoms with Crippen LogP contribution in [0.1, 0.15) is 12.7 Å². The van der Waals surface area contributed by atoms with Crippen LogP contribution < -0.4 is 5.32 Å². The maximum Gasteiger partial charge on any atom is 0.219 e. The molecule has 0 aromatic carbocycles. The minimum Gasteiger partial charge on any atom is -0.389 e. The summed E-state index contributed by atoms with van der Waals surface area (Å²) in [6.07, 6.45) is 2.95. The van der Waals surface area contributed by atoms with Crippen molar-refractivity contribution in [1.29, 1.82) is 0 Å². The molecule has 2 aliphatic heterocycles. The molecule has 0 bridgehead atoms. The van der Waals surface area contributed by atoms with Gasteiger partial charge in [0.25, 0.3) is 0 Å². The molecular formula is C16H27N5O3. The van der Waals surface area contributed by atoms with Gasteiger partial charge in [-0.15, -0.1) is 0 Å². The highest BCUT2D eigenvalue weighted by Gasteiger charge is 2.37. The zero-order valence-corrected chi connectivity index (χ0v) is 14.4. The Morgan fingerprint density at radius 2 is 2.17 bits per heavy atom. The monoisotopic (exact) mass is 337 g/mol. The third kappa shape index (κ3) is 3.94. The lowest BCUT2D eigenvalue weighted by molar-refractivity contribution is -0.130. The standard InChI is InChI=1S/C16H27N5O3/c1-12(22)21-7-5-20(6-8-21)10-14-16(23)13(11-24-14)18-9-15-17-3-4-19(15)2/h3-4,13-14,16,18,23H,5-11H2,1-2H3/t13-,14-,16+/m0/s1. The molecule has 0 radical (unpaired) electrons. The summed E-state index contributed by atoms with van der Waals surface area (Å²) in [7, 11) is 1.95. The number of piperazine rings is 1. The second kappa shape index (κ2) is 7.60. The first kappa shape index (κ1) is 17.3. The number of carbonyl (C=O) groups excluding carboxylic acids is 1. The quantitative estimate of drug-likeness (QED) is 0.703. The summed E-state index contributed by atoms with van der Waals surface area (Å²) in [5.74, 6) is 1.07. The summed E-state index contributed by atoms with van der Waals surface area (Å²) in [4.78, 5) is 19.8. The Kier molecular flexibility index (Phi) is 5.50. The molecule has 3 rings (SSSR count). The van der Waals surface area contributed by atoms with Crippen LogP contribution in [0, 0.1) is 0 Å². The molecule has 0 spiro atoms. The SMILES string of the molecule is CC(=O)N1CCN(C[C@@H]2OC[C@H](NCc3nccn3C)[C@H]2O)CC1. The normalized spacial score (nSPS) is 28.5. The number of imidazole rings is 1. The van der Waals surface area contributed by atoms with Crippen LogP contribution in [-0.4, -0.2) is 87.9 Å².